The minimum absolute atomic E-state index is 0.0165. The van der Waals surface area contributed by atoms with Crippen LogP contribution in [0.5, 0.6) is 0 Å². The van der Waals surface area contributed by atoms with Gasteiger partial charge in [-0.25, -0.2) is 9.78 Å². The number of nitrogens with zero attached hydrogens (tertiary/aromatic N) is 2. The van der Waals surface area contributed by atoms with Gasteiger partial charge in [-0.1, -0.05) is 0 Å². The highest BCUT2D eigenvalue weighted by molar-refractivity contribution is 7.11. The molecule has 7 heteroatoms. The molecule has 1 saturated heterocycles. The number of thiazole rings is 1. The highest BCUT2D eigenvalue weighted by atomic mass is 32.1. The number of likely N-dealkylation sites (tertiary alicyclic amines) is 1. The first-order valence-corrected chi connectivity index (χ1v) is 8.04. The molecule has 1 aliphatic heterocycles. The average molecular weight is 310 g/mol. The quantitative estimate of drug-likeness (QED) is 0.885. The summed E-state index contributed by atoms with van der Waals surface area (Å²) < 4.78 is 0. The third-order valence-electron chi connectivity index (χ3n) is 3.53. The first kappa shape index (κ1) is 15.8. The molecule has 0 aromatic carbocycles. The lowest BCUT2D eigenvalue weighted by atomic mass is 9.98. The normalized spacial score (nSPS) is 18.4. The number of hydrogen-bond acceptors (Lipinski definition) is 4. The van der Waals surface area contributed by atoms with Gasteiger partial charge in [-0.2, -0.15) is 0 Å². The number of carbonyl (C=O) groups is 2. The molecule has 0 spiro atoms. The molecule has 3 amide bonds. The molecule has 1 aromatic rings. The van der Waals surface area contributed by atoms with Gasteiger partial charge in [0.05, 0.1) is 11.6 Å². The van der Waals surface area contributed by atoms with Crippen molar-refractivity contribution in [1.29, 1.82) is 0 Å². The molecule has 0 radical (unpaired) electrons. The molecule has 0 saturated carbocycles. The average Bonchev–Trinajstić information content (AvgIpc) is 2.88. The predicted molar refractivity (Wildman–Crippen MR) is 82.1 cm³/mol. The first-order chi connectivity index (χ1) is 10.0. The molecule has 0 aliphatic carbocycles. The maximum absolute atomic E-state index is 12.2. The molecule has 1 atom stereocenters. The fourth-order valence-electron chi connectivity index (χ4n) is 2.47. The molecule has 21 heavy (non-hydrogen) atoms. The van der Waals surface area contributed by atoms with E-state index in [2.05, 4.69) is 15.6 Å². The Morgan fingerprint density at radius 3 is 2.95 bits per heavy atom. The Balaban J connectivity index is 1.77. The SMILES string of the molecule is CC(=O)NCC1CCCN(C(=O)NCc2cnc(C)s2)C1. The number of urea groups is 1. The summed E-state index contributed by atoms with van der Waals surface area (Å²) in [6.07, 6.45) is 3.84. The second kappa shape index (κ2) is 7.40. The monoisotopic (exact) mass is 310 g/mol. The molecule has 1 fully saturated rings. The van der Waals surface area contributed by atoms with Crippen LogP contribution in [-0.2, 0) is 11.3 Å². The summed E-state index contributed by atoms with van der Waals surface area (Å²) in [6, 6.07) is -0.0337. The predicted octanol–water partition coefficient (Wildman–Crippen LogP) is 1.51. The van der Waals surface area contributed by atoms with Gasteiger partial charge in [0.2, 0.25) is 5.91 Å². The van der Waals surface area contributed by atoms with Crippen LogP contribution in [0.3, 0.4) is 0 Å². The molecular weight excluding hydrogens is 288 g/mol. The van der Waals surface area contributed by atoms with Gasteiger partial charge in [0.1, 0.15) is 0 Å². The van der Waals surface area contributed by atoms with Crippen molar-refractivity contribution in [3.63, 3.8) is 0 Å². The van der Waals surface area contributed by atoms with Crippen molar-refractivity contribution in [2.75, 3.05) is 19.6 Å². The summed E-state index contributed by atoms with van der Waals surface area (Å²) in [7, 11) is 0. The van der Waals surface area contributed by atoms with Crippen molar-refractivity contribution >= 4 is 23.3 Å². The van der Waals surface area contributed by atoms with Crippen LogP contribution in [0.25, 0.3) is 0 Å². The van der Waals surface area contributed by atoms with E-state index in [9.17, 15) is 9.59 Å². The summed E-state index contributed by atoms with van der Waals surface area (Å²) in [4.78, 5) is 30.2. The van der Waals surface area contributed by atoms with E-state index in [4.69, 9.17) is 0 Å². The van der Waals surface area contributed by atoms with Gasteiger partial charge in [-0.15, -0.1) is 11.3 Å². The molecule has 116 valence electrons. The fraction of sp³-hybridized carbons (Fsp3) is 0.643. The van der Waals surface area contributed by atoms with Crippen LogP contribution >= 0.6 is 11.3 Å². The van der Waals surface area contributed by atoms with Crippen LogP contribution in [0.1, 0.15) is 29.7 Å². The number of amides is 3. The number of carbonyl (C=O) groups excluding carboxylic acids is 2. The third-order valence-corrected chi connectivity index (χ3v) is 4.44. The Kier molecular flexibility index (Phi) is 5.55. The van der Waals surface area contributed by atoms with Crippen LogP contribution in [0.4, 0.5) is 4.79 Å². The lowest BCUT2D eigenvalue weighted by molar-refractivity contribution is -0.119. The van der Waals surface area contributed by atoms with Gasteiger partial charge in [-0.05, 0) is 25.7 Å². The van der Waals surface area contributed by atoms with Gasteiger partial charge in [-0.3, -0.25) is 4.79 Å². The maximum Gasteiger partial charge on any atom is 0.317 e. The van der Waals surface area contributed by atoms with Crippen molar-refractivity contribution in [1.82, 2.24) is 20.5 Å². The van der Waals surface area contributed by atoms with Crippen molar-refractivity contribution in [3.05, 3.63) is 16.1 Å². The lowest BCUT2D eigenvalue weighted by Gasteiger charge is -2.32. The number of rotatable bonds is 4. The molecule has 0 bridgehead atoms. The summed E-state index contributed by atoms with van der Waals surface area (Å²) in [5.74, 6) is 0.330. The van der Waals surface area contributed by atoms with Gasteiger partial charge in [0.15, 0.2) is 0 Å². The molecule has 2 heterocycles. The molecule has 1 unspecified atom stereocenters. The molecule has 2 rings (SSSR count). The van der Waals surface area contributed by atoms with Crippen molar-refractivity contribution in [3.8, 4) is 0 Å². The largest absolute Gasteiger partial charge is 0.356 e. The van der Waals surface area contributed by atoms with Crippen LogP contribution in [0, 0.1) is 12.8 Å². The third kappa shape index (κ3) is 5.00. The van der Waals surface area contributed by atoms with Crippen LogP contribution < -0.4 is 10.6 Å². The zero-order chi connectivity index (χ0) is 15.2. The Morgan fingerprint density at radius 1 is 1.48 bits per heavy atom. The van der Waals surface area contributed by atoms with E-state index in [0.29, 0.717) is 25.6 Å². The summed E-state index contributed by atoms with van der Waals surface area (Å²) in [5, 5.41) is 6.78. The maximum atomic E-state index is 12.2. The van der Waals surface area contributed by atoms with E-state index >= 15 is 0 Å². The smallest absolute Gasteiger partial charge is 0.317 e. The van der Waals surface area contributed by atoms with Gasteiger partial charge in [0.25, 0.3) is 0 Å². The van der Waals surface area contributed by atoms with Gasteiger partial charge < -0.3 is 15.5 Å². The number of hydrogen-bond donors (Lipinski definition) is 2. The van der Waals surface area contributed by atoms with E-state index < -0.39 is 0 Å². The minimum atomic E-state index is -0.0337. The molecule has 6 nitrogen and oxygen atoms in total. The van der Waals surface area contributed by atoms with E-state index in [1.807, 2.05) is 11.8 Å². The van der Waals surface area contributed by atoms with E-state index in [1.165, 1.54) is 6.92 Å². The Hall–Kier alpha value is -1.63. The summed E-state index contributed by atoms with van der Waals surface area (Å²) in [6.45, 7) is 6.12. The van der Waals surface area contributed by atoms with E-state index in [-0.39, 0.29) is 11.9 Å². The Morgan fingerprint density at radius 2 is 2.29 bits per heavy atom. The zero-order valence-electron chi connectivity index (χ0n) is 12.5. The minimum Gasteiger partial charge on any atom is -0.356 e. The second-order valence-electron chi connectivity index (χ2n) is 5.40. The van der Waals surface area contributed by atoms with Crippen LogP contribution in [0.15, 0.2) is 6.20 Å². The molecule has 1 aliphatic rings. The Labute approximate surface area is 128 Å². The van der Waals surface area contributed by atoms with Crippen LogP contribution in [-0.4, -0.2) is 41.5 Å². The van der Waals surface area contributed by atoms with Gasteiger partial charge >= 0.3 is 6.03 Å². The van der Waals surface area contributed by atoms with Gasteiger partial charge in [0, 0.05) is 37.6 Å². The Bertz CT molecular complexity index is 503. The van der Waals surface area contributed by atoms with Crippen molar-refractivity contribution in [2.45, 2.75) is 33.2 Å². The van der Waals surface area contributed by atoms with Crippen molar-refractivity contribution in [2.24, 2.45) is 5.92 Å². The summed E-state index contributed by atoms with van der Waals surface area (Å²) >= 11 is 1.60. The zero-order valence-corrected chi connectivity index (χ0v) is 13.3. The number of aromatic nitrogens is 1. The number of nitrogens with one attached hydrogen (secondary N) is 2. The summed E-state index contributed by atoms with van der Waals surface area (Å²) in [5.41, 5.74) is 0. The molecular formula is C14H22N4O2S. The van der Waals surface area contributed by atoms with Crippen molar-refractivity contribution < 1.29 is 9.59 Å². The molecule has 1 aromatic heterocycles. The first-order valence-electron chi connectivity index (χ1n) is 7.23. The topological polar surface area (TPSA) is 74.3 Å². The second-order valence-corrected chi connectivity index (χ2v) is 6.71. The number of piperidine rings is 1. The highest BCUT2D eigenvalue weighted by Gasteiger charge is 2.23. The van der Waals surface area contributed by atoms with E-state index in [0.717, 1.165) is 29.3 Å². The highest BCUT2D eigenvalue weighted by Crippen LogP contribution is 2.16. The fourth-order valence-corrected chi connectivity index (χ4v) is 3.20. The lowest BCUT2D eigenvalue weighted by Crippen LogP contribution is -2.47. The number of aryl methyl sites for hydroxylation is 1. The van der Waals surface area contributed by atoms with E-state index in [1.54, 1.807) is 17.5 Å². The molecule has 2 N–H and O–H groups in total. The van der Waals surface area contributed by atoms with Crippen LogP contribution in [0.2, 0.25) is 0 Å². The standard InChI is InChI=1S/C14H22N4O2S/c1-10(19)15-6-12-4-3-5-18(9-12)14(20)17-8-13-7-16-11(2)21-13/h7,12H,3-6,8-9H2,1-2H3,(H,15,19)(H,17,20).